The van der Waals surface area contributed by atoms with Crippen molar-refractivity contribution in [1.29, 1.82) is 0 Å². The van der Waals surface area contributed by atoms with Gasteiger partial charge in [-0.1, -0.05) is 5.04 Å². The van der Waals surface area contributed by atoms with Crippen molar-refractivity contribution in [2.75, 3.05) is 0 Å². The van der Waals surface area contributed by atoms with E-state index in [-0.39, 0.29) is 64.5 Å². The summed E-state index contributed by atoms with van der Waals surface area (Å²) in [7, 11) is -9.85. The van der Waals surface area contributed by atoms with Gasteiger partial charge in [0.2, 0.25) is 10.9 Å². The molecule has 5 N–H and O–H groups in total. The molecular formula is C28H14N2O13S3+2. The number of H-pyrrole nitrogens is 2. The molecule has 1 heterocycles. The number of benzene rings is 6. The molecule has 0 unspecified atom stereocenters. The molecule has 0 aliphatic carbocycles. The minimum atomic E-state index is -5.10. The Hall–Kier alpha value is -4.79. The van der Waals surface area contributed by atoms with Crippen molar-refractivity contribution in [3.63, 3.8) is 0 Å². The van der Waals surface area contributed by atoms with Gasteiger partial charge in [0.1, 0.15) is 10.8 Å². The molecule has 0 spiro atoms. The van der Waals surface area contributed by atoms with Crippen LogP contribution in [0.2, 0.25) is 0 Å². The molecule has 1 aromatic heterocycles. The summed E-state index contributed by atoms with van der Waals surface area (Å²) < 4.78 is 72.8. The standard InChI is InChI=1S/C28H12N2O13S3/c31-25-13-4-2-11(45(36,37)38)8-16(13)28(34)20-14(25)5-6-18-22(20)30-23-19(46(39,40)41)9-17-21(24(23)29-18)27(33)15-7-10(44-43-42-35)1-3-12(15)26(17)32/h1-9,35H,(H,36,37,38)(H,39,40,41)/p+2. The number of rotatable bonds is 5. The Bertz CT molecular complexity index is 2990. The maximum atomic E-state index is 13.9. The monoisotopic (exact) mass is 682 g/mol. The Balaban J connectivity index is 1.69. The lowest BCUT2D eigenvalue weighted by molar-refractivity contribution is -0.432. The molecular weight excluding hydrogens is 669 g/mol. The van der Waals surface area contributed by atoms with Gasteiger partial charge in [-0.25, -0.2) is 5.26 Å². The van der Waals surface area contributed by atoms with Gasteiger partial charge in [-0.3, -0.25) is 28.3 Å². The predicted molar refractivity (Wildman–Crippen MR) is 162 cm³/mol. The van der Waals surface area contributed by atoms with Gasteiger partial charge in [0.25, 0.3) is 32.2 Å². The van der Waals surface area contributed by atoms with Crippen LogP contribution in [-0.4, -0.2) is 31.2 Å². The van der Waals surface area contributed by atoms with Crippen LogP contribution >= 0.6 is 12.0 Å². The predicted octanol–water partition coefficient (Wildman–Crippen LogP) is 1.47. The molecule has 0 amide bonds. The van der Waals surface area contributed by atoms with Crippen LogP contribution < -0.4 is 31.7 Å². The molecule has 7 aromatic rings. The van der Waals surface area contributed by atoms with Gasteiger partial charge in [0, 0.05) is 43.3 Å². The molecule has 46 heavy (non-hydrogen) atoms. The SMILES string of the molecule is O=c1c2ccc(S(=O)(=O)O)cc2c(=O)c2c1ccc1[nH+]c3c([nH+]c12)c(S(=O)(=O)O)cc1c(=O)c2ccc(SOOO)cc2c(=O)c13. The molecule has 230 valence electrons. The first kappa shape index (κ1) is 29.9. The van der Waals surface area contributed by atoms with Crippen LogP contribution in [0.3, 0.4) is 0 Å². The van der Waals surface area contributed by atoms with Gasteiger partial charge in [-0.05, 0) is 48.5 Å². The fraction of sp³-hybridized carbons (Fsp3) is 0. The summed E-state index contributed by atoms with van der Waals surface area (Å²) in [5.41, 5.74) is -3.77. The molecule has 0 saturated carbocycles. The molecule has 0 aliphatic rings. The molecule has 7 rings (SSSR count). The Kier molecular flexibility index (Phi) is 6.57. The summed E-state index contributed by atoms with van der Waals surface area (Å²) in [5.74, 6) is 0. The fourth-order valence-corrected chi connectivity index (χ4v) is 7.28. The van der Waals surface area contributed by atoms with Gasteiger partial charge in [0.15, 0.2) is 15.8 Å². The van der Waals surface area contributed by atoms with Crippen molar-refractivity contribution < 1.29 is 50.5 Å². The number of hydrogen-bond acceptors (Lipinski definition) is 12. The third-order valence-electron chi connectivity index (χ3n) is 7.65. The zero-order valence-electron chi connectivity index (χ0n) is 22.3. The lowest BCUT2D eigenvalue weighted by Crippen LogP contribution is -2.25. The van der Waals surface area contributed by atoms with E-state index < -0.39 is 57.3 Å². The fourth-order valence-electron chi connectivity index (χ4n) is 5.69. The number of hydrogen-bond donors (Lipinski definition) is 3. The van der Waals surface area contributed by atoms with E-state index in [9.17, 15) is 45.1 Å². The van der Waals surface area contributed by atoms with Crippen LogP contribution in [0, 0.1) is 0 Å². The van der Waals surface area contributed by atoms with E-state index in [4.69, 9.17) is 5.26 Å². The van der Waals surface area contributed by atoms with E-state index >= 15 is 0 Å². The summed E-state index contributed by atoms with van der Waals surface area (Å²) in [4.78, 5) is 59.0. The second-order valence-electron chi connectivity index (χ2n) is 10.1. The molecule has 6 aromatic carbocycles. The second-order valence-corrected chi connectivity index (χ2v) is 13.7. The third kappa shape index (κ3) is 4.39. The van der Waals surface area contributed by atoms with Crippen LogP contribution in [0.15, 0.2) is 88.5 Å². The highest BCUT2D eigenvalue weighted by atomic mass is 32.2. The van der Waals surface area contributed by atoms with Crippen molar-refractivity contribution in [3.8, 4) is 0 Å². The minimum absolute atomic E-state index is 0.0559. The molecule has 0 radical (unpaired) electrons. The van der Waals surface area contributed by atoms with Gasteiger partial charge in [0.05, 0.1) is 16.9 Å². The van der Waals surface area contributed by atoms with Gasteiger partial charge in [-0.15, -0.1) is 4.33 Å². The Morgan fingerprint density at radius 3 is 1.85 bits per heavy atom. The van der Waals surface area contributed by atoms with E-state index in [1.54, 1.807) is 0 Å². The Morgan fingerprint density at radius 1 is 0.587 bits per heavy atom. The normalized spacial score (nSPS) is 12.8. The first-order chi connectivity index (χ1) is 21.7. The molecule has 0 bridgehead atoms. The van der Waals surface area contributed by atoms with Crippen LogP contribution in [-0.2, 0) is 29.6 Å². The minimum Gasteiger partial charge on any atom is -0.289 e. The maximum Gasteiger partial charge on any atom is 0.301 e. The van der Waals surface area contributed by atoms with Crippen molar-refractivity contribution in [3.05, 3.63) is 95.5 Å². The molecule has 15 nitrogen and oxygen atoms in total. The maximum absolute atomic E-state index is 13.9. The number of aromatic nitrogens is 2. The molecule has 18 heteroatoms. The van der Waals surface area contributed by atoms with E-state index in [1.807, 2.05) is 0 Å². The van der Waals surface area contributed by atoms with Crippen LogP contribution in [0.25, 0.3) is 65.2 Å². The van der Waals surface area contributed by atoms with Crippen molar-refractivity contribution in [2.45, 2.75) is 14.7 Å². The van der Waals surface area contributed by atoms with Crippen LogP contribution in [0.4, 0.5) is 0 Å². The van der Waals surface area contributed by atoms with Gasteiger partial charge in [-0.2, -0.15) is 26.8 Å². The highest BCUT2D eigenvalue weighted by Crippen LogP contribution is 2.29. The average molecular weight is 683 g/mol. The van der Waals surface area contributed by atoms with Crippen LogP contribution in [0.1, 0.15) is 0 Å². The average Bonchev–Trinajstić information content (AvgIpc) is 3.01. The van der Waals surface area contributed by atoms with Gasteiger partial charge < -0.3 is 0 Å². The molecule has 0 saturated heterocycles. The quantitative estimate of drug-likeness (QED) is 0.0581. The van der Waals surface area contributed by atoms with E-state index in [0.717, 1.165) is 24.3 Å². The summed E-state index contributed by atoms with van der Waals surface area (Å²) in [6, 6.07) is 10.3. The van der Waals surface area contributed by atoms with Crippen molar-refractivity contribution in [2.24, 2.45) is 0 Å². The van der Waals surface area contributed by atoms with E-state index in [0.29, 0.717) is 12.0 Å². The summed E-state index contributed by atoms with van der Waals surface area (Å²) in [6.45, 7) is 0. The zero-order chi connectivity index (χ0) is 32.9. The van der Waals surface area contributed by atoms with Crippen LogP contribution in [0.5, 0.6) is 0 Å². The summed E-state index contributed by atoms with van der Waals surface area (Å²) >= 11 is 0.531. The lowest BCUT2D eigenvalue weighted by Gasteiger charge is -2.06. The zero-order valence-corrected chi connectivity index (χ0v) is 24.8. The number of aromatic amines is 2. The van der Waals surface area contributed by atoms with Gasteiger partial charge >= 0.3 is 10.1 Å². The smallest absolute Gasteiger partial charge is 0.289 e. The number of fused-ring (bicyclic) bond motifs is 8. The first-order valence-electron chi connectivity index (χ1n) is 12.7. The third-order valence-corrected chi connectivity index (χ3v) is 9.95. The van der Waals surface area contributed by atoms with Crippen molar-refractivity contribution in [1.82, 2.24) is 0 Å². The lowest BCUT2D eigenvalue weighted by atomic mass is 9.99. The largest absolute Gasteiger partial charge is 0.301 e. The number of nitrogens with one attached hydrogen (secondary N) is 2. The highest BCUT2D eigenvalue weighted by Gasteiger charge is 2.32. The van der Waals surface area contributed by atoms with E-state index in [2.05, 4.69) is 19.3 Å². The Morgan fingerprint density at radius 2 is 1.20 bits per heavy atom. The molecule has 0 fully saturated rings. The second kappa shape index (κ2) is 10.1. The van der Waals surface area contributed by atoms with Crippen molar-refractivity contribution >= 4 is 97.4 Å². The summed E-state index contributed by atoms with van der Waals surface area (Å²) in [6.07, 6.45) is 0. The highest BCUT2D eigenvalue weighted by molar-refractivity contribution is 7.94. The topological polar surface area (TPSA) is 244 Å². The first-order valence-corrected chi connectivity index (χ1v) is 16.3. The van der Waals surface area contributed by atoms with E-state index in [1.165, 1.54) is 30.3 Å². The molecule has 0 atom stereocenters. The Labute approximate surface area is 257 Å². The summed E-state index contributed by atoms with van der Waals surface area (Å²) in [5, 5.41) is 10.3. The molecule has 0 aliphatic heterocycles.